The first-order valence-corrected chi connectivity index (χ1v) is 7.08. The Bertz CT molecular complexity index is 402. The zero-order valence-electron chi connectivity index (χ0n) is 11.1. The summed E-state index contributed by atoms with van der Waals surface area (Å²) < 4.78 is 0.872. The van der Waals surface area contributed by atoms with Gasteiger partial charge in [-0.2, -0.15) is 0 Å². The summed E-state index contributed by atoms with van der Waals surface area (Å²) in [6.45, 7) is 8.08. The van der Waals surface area contributed by atoms with E-state index in [-0.39, 0.29) is 11.5 Å². The van der Waals surface area contributed by atoms with E-state index in [4.69, 9.17) is 0 Å². The second kappa shape index (κ2) is 5.13. The van der Waals surface area contributed by atoms with Gasteiger partial charge < -0.3 is 10.0 Å². The topological polar surface area (TPSA) is 49.2 Å². The molecular formula is C13H20BrN3O. The molecule has 1 saturated heterocycles. The Labute approximate surface area is 117 Å². The second-order valence-electron chi connectivity index (χ2n) is 5.98. The SMILES string of the molecule is CC(C)(C)[C@@H]1CCN(c2ncc(Br)cn2)C[C@@H]1O. The lowest BCUT2D eigenvalue weighted by Crippen LogP contribution is -2.48. The zero-order valence-corrected chi connectivity index (χ0v) is 12.7. The highest BCUT2D eigenvalue weighted by atomic mass is 79.9. The average molecular weight is 314 g/mol. The first-order valence-electron chi connectivity index (χ1n) is 6.28. The number of halogens is 1. The molecule has 0 bridgehead atoms. The van der Waals surface area contributed by atoms with Crippen molar-refractivity contribution in [3.63, 3.8) is 0 Å². The van der Waals surface area contributed by atoms with Crippen LogP contribution in [-0.4, -0.2) is 34.3 Å². The van der Waals surface area contributed by atoms with Gasteiger partial charge in [0.1, 0.15) is 0 Å². The Morgan fingerprint density at radius 2 is 1.94 bits per heavy atom. The minimum Gasteiger partial charge on any atom is -0.391 e. The van der Waals surface area contributed by atoms with Gasteiger partial charge in [0.25, 0.3) is 0 Å². The zero-order chi connectivity index (χ0) is 13.3. The summed E-state index contributed by atoms with van der Waals surface area (Å²) in [7, 11) is 0. The van der Waals surface area contributed by atoms with Crippen LogP contribution in [0, 0.1) is 11.3 Å². The standard InChI is InChI=1S/C13H20BrN3O/c1-13(2,3)10-4-5-17(8-11(10)18)12-15-6-9(14)7-16-12/h6-7,10-11,18H,4-5,8H2,1-3H3/t10-,11+/m1/s1. The summed E-state index contributed by atoms with van der Waals surface area (Å²) in [4.78, 5) is 10.6. The van der Waals surface area contributed by atoms with Crippen LogP contribution in [0.15, 0.2) is 16.9 Å². The number of rotatable bonds is 1. The van der Waals surface area contributed by atoms with E-state index in [2.05, 4.69) is 51.6 Å². The molecule has 0 amide bonds. The molecule has 1 aromatic heterocycles. The van der Waals surface area contributed by atoms with E-state index < -0.39 is 0 Å². The summed E-state index contributed by atoms with van der Waals surface area (Å²) >= 11 is 3.32. The van der Waals surface area contributed by atoms with E-state index in [1.807, 2.05) is 0 Å². The molecule has 1 aliphatic rings. The molecule has 1 fully saturated rings. The number of aliphatic hydroxyl groups is 1. The van der Waals surface area contributed by atoms with Gasteiger partial charge in [-0.25, -0.2) is 9.97 Å². The molecule has 1 aromatic rings. The first-order chi connectivity index (χ1) is 8.38. The van der Waals surface area contributed by atoms with Gasteiger partial charge in [-0.1, -0.05) is 20.8 Å². The number of aromatic nitrogens is 2. The maximum Gasteiger partial charge on any atom is 0.225 e. The van der Waals surface area contributed by atoms with Crippen molar-refractivity contribution >= 4 is 21.9 Å². The highest BCUT2D eigenvalue weighted by Gasteiger charge is 2.36. The lowest BCUT2D eigenvalue weighted by atomic mass is 9.74. The summed E-state index contributed by atoms with van der Waals surface area (Å²) in [5.74, 6) is 1.04. The lowest BCUT2D eigenvalue weighted by Gasteiger charge is -2.42. The third kappa shape index (κ3) is 3.01. The summed E-state index contributed by atoms with van der Waals surface area (Å²) in [6, 6.07) is 0. The van der Waals surface area contributed by atoms with E-state index >= 15 is 0 Å². The molecule has 0 aliphatic carbocycles. The number of hydrogen-bond acceptors (Lipinski definition) is 4. The fourth-order valence-electron chi connectivity index (χ4n) is 2.59. The van der Waals surface area contributed by atoms with Gasteiger partial charge in [0, 0.05) is 25.5 Å². The van der Waals surface area contributed by atoms with Gasteiger partial charge in [0.2, 0.25) is 5.95 Å². The van der Waals surface area contributed by atoms with Gasteiger partial charge in [0.05, 0.1) is 10.6 Å². The maximum atomic E-state index is 10.3. The average Bonchev–Trinajstić information content (AvgIpc) is 2.28. The fourth-order valence-corrected chi connectivity index (χ4v) is 2.80. The number of aliphatic hydroxyl groups excluding tert-OH is 1. The molecule has 100 valence electrons. The van der Waals surface area contributed by atoms with E-state index in [0.29, 0.717) is 18.4 Å². The van der Waals surface area contributed by atoms with Crippen molar-refractivity contribution in [1.82, 2.24) is 9.97 Å². The Hall–Kier alpha value is -0.680. The highest BCUT2D eigenvalue weighted by molar-refractivity contribution is 9.10. The van der Waals surface area contributed by atoms with Crippen molar-refractivity contribution < 1.29 is 5.11 Å². The molecule has 2 rings (SSSR count). The third-order valence-corrected chi connectivity index (χ3v) is 3.99. The van der Waals surface area contributed by atoms with Crippen LogP contribution in [0.4, 0.5) is 5.95 Å². The fraction of sp³-hybridized carbons (Fsp3) is 0.692. The Morgan fingerprint density at radius 3 is 2.44 bits per heavy atom. The second-order valence-corrected chi connectivity index (χ2v) is 6.89. The van der Waals surface area contributed by atoms with E-state index in [9.17, 15) is 5.11 Å². The van der Waals surface area contributed by atoms with Gasteiger partial charge in [0.15, 0.2) is 0 Å². The van der Waals surface area contributed by atoms with Crippen LogP contribution >= 0.6 is 15.9 Å². The molecule has 1 N–H and O–H groups in total. The molecule has 2 atom stereocenters. The lowest BCUT2D eigenvalue weighted by molar-refractivity contribution is 0.0289. The Kier molecular flexibility index (Phi) is 3.92. The van der Waals surface area contributed by atoms with Gasteiger partial charge in [-0.05, 0) is 33.7 Å². The molecule has 4 nitrogen and oxygen atoms in total. The van der Waals surface area contributed by atoms with Crippen molar-refractivity contribution in [3.05, 3.63) is 16.9 Å². The number of anilines is 1. The summed E-state index contributed by atoms with van der Waals surface area (Å²) in [5.41, 5.74) is 0.145. The molecule has 0 aromatic carbocycles. The highest BCUT2D eigenvalue weighted by Crippen LogP contribution is 2.35. The van der Waals surface area contributed by atoms with E-state index in [1.165, 1.54) is 0 Å². The number of nitrogens with zero attached hydrogens (tertiary/aromatic N) is 3. The molecule has 0 saturated carbocycles. The van der Waals surface area contributed by atoms with Crippen molar-refractivity contribution in [2.75, 3.05) is 18.0 Å². The van der Waals surface area contributed by atoms with E-state index in [1.54, 1.807) is 12.4 Å². The van der Waals surface area contributed by atoms with Crippen LogP contribution in [0.3, 0.4) is 0 Å². The number of β-amino-alcohol motifs (C(OH)–C–C–N with tert-alkyl or cyclic N) is 1. The molecule has 0 radical (unpaired) electrons. The Morgan fingerprint density at radius 1 is 1.33 bits per heavy atom. The van der Waals surface area contributed by atoms with Crippen LogP contribution in [0.25, 0.3) is 0 Å². The van der Waals surface area contributed by atoms with Crippen molar-refractivity contribution in [2.45, 2.75) is 33.3 Å². The molecule has 0 unspecified atom stereocenters. The monoisotopic (exact) mass is 313 g/mol. The Balaban J connectivity index is 2.06. The van der Waals surface area contributed by atoms with Gasteiger partial charge >= 0.3 is 0 Å². The van der Waals surface area contributed by atoms with Crippen LogP contribution in [-0.2, 0) is 0 Å². The van der Waals surface area contributed by atoms with Gasteiger partial charge in [-0.3, -0.25) is 0 Å². The normalized spacial score (nSPS) is 25.3. The summed E-state index contributed by atoms with van der Waals surface area (Å²) in [5, 5.41) is 10.3. The predicted octanol–water partition coefficient (Wildman–Crippen LogP) is 2.47. The predicted molar refractivity (Wildman–Crippen MR) is 75.5 cm³/mol. The van der Waals surface area contributed by atoms with Gasteiger partial charge in [-0.15, -0.1) is 0 Å². The van der Waals surface area contributed by atoms with Crippen LogP contribution in [0.2, 0.25) is 0 Å². The first kappa shape index (κ1) is 13.7. The largest absolute Gasteiger partial charge is 0.391 e. The van der Waals surface area contributed by atoms with Crippen LogP contribution in [0.5, 0.6) is 0 Å². The smallest absolute Gasteiger partial charge is 0.225 e. The van der Waals surface area contributed by atoms with E-state index in [0.717, 1.165) is 17.4 Å². The van der Waals surface area contributed by atoms with Crippen molar-refractivity contribution in [2.24, 2.45) is 11.3 Å². The molecule has 5 heteroatoms. The molecule has 0 spiro atoms. The van der Waals surface area contributed by atoms with Crippen molar-refractivity contribution in [1.29, 1.82) is 0 Å². The minimum atomic E-state index is -0.314. The van der Waals surface area contributed by atoms with Crippen LogP contribution in [0.1, 0.15) is 27.2 Å². The third-order valence-electron chi connectivity index (χ3n) is 3.58. The number of hydrogen-bond donors (Lipinski definition) is 1. The molecule has 1 aliphatic heterocycles. The molecular weight excluding hydrogens is 294 g/mol. The quantitative estimate of drug-likeness (QED) is 0.865. The van der Waals surface area contributed by atoms with Crippen molar-refractivity contribution in [3.8, 4) is 0 Å². The van der Waals surface area contributed by atoms with Crippen LogP contribution < -0.4 is 4.90 Å². The molecule has 18 heavy (non-hydrogen) atoms. The number of piperidine rings is 1. The molecule has 2 heterocycles. The minimum absolute atomic E-state index is 0.145. The maximum absolute atomic E-state index is 10.3. The summed E-state index contributed by atoms with van der Waals surface area (Å²) in [6.07, 6.45) is 4.14.